The van der Waals surface area contributed by atoms with Gasteiger partial charge in [-0.3, -0.25) is 14.4 Å². The molecule has 0 aliphatic carbocycles. The Kier molecular flexibility index (Phi) is 11.3. The Morgan fingerprint density at radius 2 is 1.97 bits per heavy atom. The fourth-order valence-corrected chi connectivity index (χ4v) is 3.52. The van der Waals surface area contributed by atoms with Gasteiger partial charge < -0.3 is 21.3 Å². The van der Waals surface area contributed by atoms with Crippen molar-refractivity contribution in [2.75, 3.05) is 26.2 Å². The van der Waals surface area contributed by atoms with E-state index in [9.17, 15) is 14.4 Å². The van der Waals surface area contributed by atoms with E-state index in [4.69, 9.17) is 5.73 Å². The minimum absolute atomic E-state index is 0. The summed E-state index contributed by atoms with van der Waals surface area (Å²) in [7, 11) is 0. The highest BCUT2D eigenvalue weighted by Gasteiger charge is 2.32. The standard InChI is InChI=1S/C21H32N4O3.ClH/c1-2-7-18(24-19(26)14-16-8-4-3-5-9-16)21(28)25-13-6-10-17(15-25)20(27)23-12-11-22;/h3-5,8-9,17-18H,2,6-7,10-15,22H2,1H3,(H,23,27)(H,24,26);1H. The van der Waals surface area contributed by atoms with Crippen molar-refractivity contribution in [3.05, 3.63) is 35.9 Å². The second kappa shape index (κ2) is 13.2. The molecule has 1 aliphatic heterocycles. The number of likely N-dealkylation sites (tertiary alicyclic amines) is 1. The average molecular weight is 425 g/mol. The van der Waals surface area contributed by atoms with Crippen molar-refractivity contribution >= 4 is 30.1 Å². The summed E-state index contributed by atoms with van der Waals surface area (Å²) in [6.45, 7) is 3.84. The van der Waals surface area contributed by atoms with Crippen LogP contribution in [0.15, 0.2) is 30.3 Å². The summed E-state index contributed by atoms with van der Waals surface area (Å²) >= 11 is 0. The van der Waals surface area contributed by atoms with Crippen LogP contribution in [0.4, 0.5) is 0 Å². The van der Waals surface area contributed by atoms with Crippen LogP contribution in [0.2, 0.25) is 0 Å². The van der Waals surface area contributed by atoms with Crippen molar-refractivity contribution in [1.29, 1.82) is 0 Å². The lowest BCUT2D eigenvalue weighted by molar-refractivity contribution is -0.140. The van der Waals surface area contributed by atoms with Gasteiger partial charge in [-0.15, -0.1) is 12.4 Å². The van der Waals surface area contributed by atoms with Crippen molar-refractivity contribution in [3.63, 3.8) is 0 Å². The van der Waals surface area contributed by atoms with Gasteiger partial charge in [0.1, 0.15) is 6.04 Å². The Hall–Kier alpha value is -2.12. The Morgan fingerprint density at radius 3 is 2.62 bits per heavy atom. The van der Waals surface area contributed by atoms with Crippen molar-refractivity contribution in [2.45, 2.75) is 45.1 Å². The van der Waals surface area contributed by atoms with Crippen LogP contribution >= 0.6 is 12.4 Å². The number of nitrogens with one attached hydrogen (secondary N) is 2. The quantitative estimate of drug-likeness (QED) is 0.554. The number of carbonyl (C=O) groups excluding carboxylic acids is 3. The highest BCUT2D eigenvalue weighted by Crippen LogP contribution is 2.18. The summed E-state index contributed by atoms with van der Waals surface area (Å²) in [6, 6.07) is 8.92. The molecule has 1 heterocycles. The smallest absolute Gasteiger partial charge is 0.245 e. The van der Waals surface area contributed by atoms with Crippen LogP contribution < -0.4 is 16.4 Å². The molecular formula is C21H33ClN4O3. The molecule has 162 valence electrons. The first-order chi connectivity index (χ1) is 13.5. The van der Waals surface area contributed by atoms with Crippen molar-refractivity contribution < 1.29 is 14.4 Å². The van der Waals surface area contributed by atoms with E-state index in [1.165, 1.54) is 0 Å². The van der Waals surface area contributed by atoms with Crippen LogP contribution in [-0.2, 0) is 20.8 Å². The zero-order chi connectivity index (χ0) is 20.4. The van der Waals surface area contributed by atoms with Gasteiger partial charge in [-0.05, 0) is 24.8 Å². The molecular weight excluding hydrogens is 392 g/mol. The zero-order valence-corrected chi connectivity index (χ0v) is 17.9. The zero-order valence-electron chi connectivity index (χ0n) is 17.1. The van der Waals surface area contributed by atoms with E-state index in [-0.39, 0.29) is 42.5 Å². The first kappa shape index (κ1) is 24.9. The molecule has 1 aromatic carbocycles. The number of hydrogen-bond donors (Lipinski definition) is 3. The van der Waals surface area contributed by atoms with Crippen molar-refractivity contribution in [3.8, 4) is 0 Å². The van der Waals surface area contributed by atoms with Gasteiger partial charge in [-0.2, -0.15) is 0 Å². The molecule has 1 fully saturated rings. The second-order valence-corrected chi connectivity index (χ2v) is 7.27. The molecule has 2 atom stereocenters. The minimum atomic E-state index is -0.549. The molecule has 0 saturated carbocycles. The third kappa shape index (κ3) is 8.03. The third-order valence-electron chi connectivity index (χ3n) is 4.97. The Labute approximate surface area is 179 Å². The monoisotopic (exact) mass is 424 g/mol. The molecule has 2 rings (SSSR count). The van der Waals surface area contributed by atoms with Crippen LogP contribution in [0.1, 0.15) is 38.2 Å². The van der Waals surface area contributed by atoms with E-state index in [1.807, 2.05) is 37.3 Å². The first-order valence-corrected chi connectivity index (χ1v) is 10.1. The van der Waals surface area contributed by atoms with Gasteiger partial charge in [0.2, 0.25) is 17.7 Å². The Bertz CT molecular complexity index is 657. The van der Waals surface area contributed by atoms with Gasteiger partial charge in [0.05, 0.1) is 12.3 Å². The number of nitrogens with two attached hydrogens (primary N) is 1. The number of rotatable bonds is 9. The Morgan fingerprint density at radius 1 is 1.24 bits per heavy atom. The third-order valence-corrected chi connectivity index (χ3v) is 4.97. The number of carbonyl (C=O) groups is 3. The summed E-state index contributed by atoms with van der Waals surface area (Å²) in [5.41, 5.74) is 6.35. The van der Waals surface area contributed by atoms with E-state index in [0.717, 1.165) is 24.8 Å². The van der Waals surface area contributed by atoms with Crippen LogP contribution in [-0.4, -0.2) is 54.8 Å². The number of hydrogen-bond acceptors (Lipinski definition) is 4. The molecule has 7 nitrogen and oxygen atoms in total. The maximum Gasteiger partial charge on any atom is 0.245 e. The fourth-order valence-electron chi connectivity index (χ4n) is 3.52. The van der Waals surface area contributed by atoms with Gasteiger partial charge >= 0.3 is 0 Å². The maximum absolute atomic E-state index is 13.0. The molecule has 0 aromatic heterocycles. The molecule has 0 bridgehead atoms. The van der Waals surface area contributed by atoms with Crippen LogP contribution in [0.5, 0.6) is 0 Å². The van der Waals surface area contributed by atoms with Crippen molar-refractivity contribution in [1.82, 2.24) is 15.5 Å². The molecule has 1 saturated heterocycles. The SMILES string of the molecule is CCCC(NC(=O)Cc1ccccc1)C(=O)N1CCCC(C(=O)NCCN)C1.Cl. The summed E-state index contributed by atoms with van der Waals surface area (Å²) in [4.78, 5) is 39.4. The molecule has 0 radical (unpaired) electrons. The van der Waals surface area contributed by atoms with Gasteiger partial charge in [-0.1, -0.05) is 43.7 Å². The summed E-state index contributed by atoms with van der Waals surface area (Å²) in [5.74, 6) is -0.526. The number of halogens is 1. The summed E-state index contributed by atoms with van der Waals surface area (Å²) in [6.07, 6.45) is 3.16. The lowest BCUT2D eigenvalue weighted by Gasteiger charge is -2.34. The van der Waals surface area contributed by atoms with Crippen LogP contribution in [0, 0.1) is 5.92 Å². The van der Waals surface area contributed by atoms with Gasteiger partial charge in [0.15, 0.2) is 0 Å². The van der Waals surface area contributed by atoms with E-state index in [1.54, 1.807) is 4.90 Å². The highest BCUT2D eigenvalue weighted by atomic mass is 35.5. The van der Waals surface area contributed by atoms with E-state index < -0.39 is 6.04 Å². The maximum atomic E-state index is 13.0. The number of amides is 3. The predicted octanol–water partition coefficient (Wildman–Crippen LogP) is 1.25. The van der Waals surface area contributed by atoms with Crippen LogP contribution in [0.3, 0.4) is 0 Å². The molecule has 1 aliphatic rings. The number of piperidine rings is 1. The molecule has 3 amide bonds. The van der Waals surface area contributed by atoms with Crippen molar-refractivity contribution in [2.24, 2.45) is 11.7 Å². The second-order valence-electron chi connectivity index (χ2n) is 7.27. The first-order valence-electron chi connectivity index (χ1n) is 10.1. The highest BCUT2D eigenvalue weighted by molar-refractivity contribution is 5.89. The average Bonchev–Trinajstić information content (AvgIpc) is 2.72. The Balaban J connectivity index is 0.00000420. The summed E-state index contributed by atoms with van der Waals surface area (Å²) in [5, 5.41) is 5.70. The normalized spacial score (nSPS) is 17.0. The van der Waals surface area contributed by atoms with Gasteiger partial charge in [-0.25, -0.2) is 0 Å². The topological polar surface area (TPSA) is 105 Å². The molecule has 1 aromatic rings. The minimum Gasteiger partial charge on any atom is -0.355 e. The largest absolute Gasteiger partial charge is 0.355 e. The summed E-state index contributed by atoms with van der Waals surface area (Å²) < 4.78 is 0. The van der Waals surface area contributed by atoms with Gasteiger partial charge in [0, 0.05) is 26.2 Å². The van der Waals surface area contributed by atoms with E-state index in [2.05, 4.69) is 10.6 Å². The van der Waals surface area contributed by atoms with Crippen LogP contribution in [0.25, 0.3) is 0 Å². The molecule has 0 spiro atoms. The lowest BCUT2D eigenvalue weighted by atomic mass is 9.96. The van der Waals surface area contributed by atoms with E-state index >= 15 is 0 Å². The molecule has 8 heteroatoms. The predicted molar refractivity (Wildman–Crippen MR) is 116 cm³/mol. The fraction of sp³-hybridized carbons (Fsp3) is 0.571. The lowest BCUT2D eigenvalue weighted by Crippen LogP contribution is -2.53. The number of nitrogens with zero attached hydrogens (tertiary/aromatic N) is 1. The van der Waals surface area contributed by atoms with Gasteiger partial charge in [0.25, 0.3) is 0 Å². The molecule has 2 unspecified atom stereocenters. The molecule has 29 heavy (non-hydrogen) atoms. The molecule has 4 N–H and O–H groups in total. The number of benzene rings is 1. The van der Waals surface area contributed by atoms with E-state index in [0.29, 0.717) is 32.6 Å².